The van der Waals surface area contributed by atoms with Gasteiger partial charge in [0.15, 0.2) is 0 Å². The first kappa shape index (κ1) is 22.4. The Labute approximate surface area is 67.5 Å². The smallest absolute Gasteiger partial charge is 0.321 e. The van der Waals surface area contributed by atoms with E-state index in [-0.39, 0.29) is 16.4 Å². The fraction of sp³-hybridized carbons (Fsp3) is 0.500. The van der Waals surface area contributed by atoms with Crippen LogP contribution >= 0.6 is 0 Å². The lowest BCUT2D eigenvalue weighted by Crippen LogP contribution is -2.32. The van der Waals surface area contributed by atoms with Gasteiger partial charge in [0.05, 0.1) is 6.42 Å². The van der Waals surface area contributed by atoms with Gasteiger partial charge in [0, 0.05) is 0 Å². The molecule has 0 saturated heterocycles. The van der Waals surface area contributed by atoms with Gasteiger partial charge in [-0.05, 0) is 0 Å². The van der Waals surface area contributed by atoms with Crippen LogP contribution < -0.4 is 5.73 Å². The second-order valence-corrected chi connectivity index (χ2v) is 1.54. The summed E-state index contributed by atoms with van der Waals surface area (Å²) in [6.45, 7) is 0. The number of hydrogen-bond acceptors (Lipinski definition) is 3. The summed E-state index contributed by atoms with van der Waals surface area (Å²) in [7, 11) is 0. The average molecular weight is 187 g/mol. The second kappa shape index (κ2) is 9.78. The molecule has 0 fully saturated rings. The molecule has 0 aromatic carbocycles. The zero-order valence-corrected chi connectivity index (χ0v) is 6.07. The van der Waals surface area contributed by atoms with Crippen molar-refractivity contribution >= 4 is 11.9 Å². The van der Waals surface area contributed by atoms with Gasteiger partial charge in [0.25, 0.3) is 0 Å². The molecule has 0 rings (SSSR count). The summed E-state index contributed by atoms with van der Waals surface area (Å²) < 4.78 is 0. The Bertz CT molecular complexity index is 135. The maximum absolute atomic E-state index is 9.85. The van der Waals surface area contributed by atoms with Crippen molar-refractivity contribution in [1.29, 1.82) is 0 Å². The molecule has 8 nitrogen and oxygen atoms in total. The minimum absolute atomic E-state index is 0. The van der Waals surface area contributed by atoms with Gasteiger partial charge in [0.1, 0.15) is 6.04 Å². The molecule has 8 heteroatoms. The van der Waals surface area contributed by atoms with Crippen molar-refractivity contribution in [3.63, 3.8) is 0 Å². The van der Waals surface area contributed by atoms with Crippen molar-refractivity contribution in [2.24, 2.45) is 5.73 Å². The van der Waals surface area contributed by atoms with Crippen LogP contribution in [-0.4, -0.2) is 44.6 Å². The Hall–Kier alpha value is -1.22. The third-order valence-corrected chi connectivity index (χ3v) is 0.712. The lowest BCUT2D eigenvalue weighted by Gasteiger charge is -1.99. The Morgan fingerprint density at radius 3 is 1.58 bits per heavy atom. The molecule has 0 saturated carbocycles. The SMILES string of the molecule is N[C@H](CC(=O)O)C(=O)O.O.O.O. The number of hydrogen-bond donors (Lipinski definition) is 3. The van der Waals surface area contributed by atoms with Crippen LogP contribution in [0.4, 0.5) is 0 Å². The molecule has 0 aliphatic heterocycles. The second-order valence-electron chi connectivity index (χ2n) is 1.54. The Kier molecular flexibility index (Phi) is 18.3. The van der Waals surface area contributed by atoms with Gasteiger partial charge in [-0.2, -0.15) is 0 Å². The highest BCUT2D eigenvalue weighted by Crippen LogP contribution is 1.86. The molecule has 0 spiro atoms. The molecule has 0 aromatic heterocycles. The zero-order chi connectivity index (χ0) is 7.44. The number of nitrogens with two attached hydrogens (primary N) is 1. The molecular formula is C4H13NO7. The quantitative estimate of drug-likeness (QED) is 0.409. The third kappa shape index (κ3) is 11.6. The molecule has 76 valence electrons. The van der Waals surface area contributed by atoms with Gasteiger partial charge in [-0.1, -0.05) is 0 Å². The van der Waals surface area contributed by atoms with Crippen LogP contribution in [0.5, 0.6) is 0 Å². The molecule has 0 bridgehead atoms. The van der Waals surface area contributed by atoms with E-state index in [9.17, 15) is 9.59 Å². The summed E-state index contributed by atoms with van der Waals surface area (Å²) in [5, 5.41) is 16.0. The topological polar surface area (TPSA) is 195 Å². The highest BCUT2D eigenvalue weighted by atomic mass is 16.4. The summed E-state index contributed by atoms with van der Waals surface area (Å²) in [4.78, 5) is 19.6. The summed E-state index contributed by atoms with van der Waals surface area (Å²) in [5.74, 6) is -2.50. The van der Waals surface area contributed by atoms with Crippen molar-refractivity contribution in [1.82, 2.24) is 0 Å². The van der Waals surface area contributed by atoms with Crippen molar-refractivity contribution in [2.45, 2.75) is 12.5 Å². The minimum atomic E-state index is -1.29. The fourth-order valence-electron chi connectivity index (χ4n) is 0.275. The van der Waals surface area contributed by atoms with E-state index in [1.807, 2.05) is 0 Å². The zero-order valence-electron chi connectivity index (χ0n) is 6.07. The largest absolute Gasteiger partial charge is 0.481 e. The number of carboxylic acids is 2. The Morgan fingerprint density at radius 2 is 1.50 bits per heavy atom. The normalized spacial score (nSPS) is 9.42. The Morgan fingerprint density at radius 1 is 1.17 bits per heavy atom. The predicted molar refractivity (Wildman–Crippen MR) is 38.7 cm³/mol. The number of aliphatic carboxylic acids is 2. The van der Waals surface area contributed by atoms with E-state index < -0.39 is 24.4 Å². The molecule has 12 heavy (non-hydrogen) atoms. The third-order valence-electron chi connectivity index (χ3n) is 0.712. The van der Waals surface area contributed by atoms with Gasteiger partial charge < -0.3 is 32.4 Å². The molecule has 0 heterocycles. The van der Waals surface area contributed by atoms with Crippen molar-refractivity contribution < 1.29 is 36.2 Å². The van der Waals surface area contributed by atoms with E-state index in [1.165, 1.54) is 0 Å². The summed E-state index contributed by atoms with van der Waals surface area (Å²) in [5.41, 5.74) is 4.84. The molecule has 0 unspecified atom stereocenters. The Balaban J connectivity index is -0.000000107. The molecular weight excluding hydrogens is 174 g/mol. The molecule has 1 atom stereocenters. The first-order valence-electron chi connectivity index (χ1n) is 2.24. The number of rotatable bonds is 3. The van der Waals surface area contributed by atoms with Gasteiger partial charge in [-0.3, -0.25) is 9.59 Å². The highest BCUT2D eigenvalue weighted by molar-refractivity contribution is 5.80. The molecule has 0 aliphatic carbocycles. The van der Waals surface area contributed by atoms with Gasteiger partial charge in [-0.25, -0.2) is 0 Å². The first-order valence-corrected chi connectivity index (χ1v) is 2.24. The fourth-order valence-corrected chi connectivity index (χ4v) is 0.275. The summed E-state index contributed by atoms with van der Waals surface area (Å²) in [6, 6.07) is -1.29. The van der Waals surface area contributed by atoms with Crippen LogP contribution in [0.2, 0.25) is 0 Å². The maximum atomic E-state index is 9.85. The molecule has 0 aliphatic rings. The molecule has 0 radical (unpaired) electrons. The summed E-state index contributed by atoms with van der Waals surface area (Å²) in [6.07, 6.45) is -0.532. The van der Waals surface area contributed by atoms with Gasteiger partial charge >= 0.3 is 11.9 Å². The lowest BCUT2D eigenvalue weighted by molar-refractivity contribution is -0.144. The summed E-state index contributed by atoms with van der Waals surface area (Å²) >= 11 is 0. The number of carbonyl (C=O) groups is 2. The standard InChI is InChI=1S/C4H7NO4.3H2O/c5-2(4(8)9)1-3(6)7;;;/h2H,1,5H2,(H,6,7)(H,8,9);3*1H2/t2-;;;/m1.../s1. The van der Waals surface area contributed by atoms with E-state index in [2.05, 4.69) is 0 Å². The van der Waals surface area contributed by atoms with Crippen LogP contribution in [-0.2, 0) is 9.59 Å². The van der Waals surface area contributed by atoms with Crippen molar-refractivity contribution in [3.05, 3.63) is 0 Å². The van der Waals surface area contributed by atoms with Crippen LogP contribution in [0.15, 0.2) is 0 Å². The monoisotopic (exact) mass is 187 g/mol. The molecule has 0 aromatic rings. The number of carboxylic acid groups (broad SMARTS) is 2. The molecule has 0 amide bonds. The van der Waals surface area contributed by atoms with E-state index in [0.29, 0.717) is 0 Å². The van der Waals surface area contributed by atoms with E-state index in [1.54, 1.807) is 0 Å². The average Bonchev–Trinajstić information content (AvgIpc) is 1.63. The highest BCUT2D eigenvalue weighted by Gasteiger charge is 2.14. The predicted octanol–water partition coefficient (Wildman–Crippen LogP) is -3.60. The van der Waals surface area contributed by atoms with Crippen LogP contribution in [0.1, 0.15) is 6.42 Å². The maximum Gasteiger partial charge on any atom is 0.321 e. The van der Waals surface area contributed by atoms with Crippen molar-refractivity contribution in [3.8, 4) is 0 Å². The minimum Gasteiger partial charge on any atom is -0.481 e. The van der Waals surface area contributed by atoms with Gasteiger partial charge in [0.2, 0.25) is 0 Å². The molecule has 10 N–H and O–H groups in total. The van der Waals surface area contributed by atoms with Gasteiger partial charge in [-0.15, -0.1) is 0 Å². The van der Waals surface area contributed by atoms with Crippen LogP contribution in [0, 0.1) is 0 Å². The lowest BCUT2D eigenvalue weighted by atomic mass is 10.2. The first-order chi connectivity index (χ1) is 4.04. The van der Waals surface area contributed by atoms with Crippen molar-refractivity contribution in [2.75, 3.05) is 0 Å². The van der Waals surface area contributed by atoms with Crippen LogP contribution in [0.3, 0.4) is 0 Å². The van der Waals surface area contributed by atoms with Crippen LogP contribution in [0.25, 0.3) is 0 Å². The van der Waals surface area contributed by atoms with E-state index >= 15 is 0 Å². The van der Waals surface area contributed by atoms with E-state index in [0.717, 1.165) is 0 Å². The van der Waals surface area contributed by atoms with E-state index in [4.69, 9.17) is 15.9 Å².